The molecule has 5 heteroatoms. The Labute approximate surface area is 107 Å². The molecule has 0 bridgehead atoms. The summed E-state index contributed by atoms with van der Waals surface area (Å²) in [6.07, 6.45) is 6.16. The van der Waals surface area contributed by atoms with Crippen molar-refractivity contribution in [1.29, 1.82) is 0 Å². The number of aromatic nitrogens is 2. The van der Waals surface area contributed by atoms with Gasteiger partial charge in [0, 0.05) is 30.8 Å². The third kappa shape index (κ3) is 4.31. The lowest BCUT2D eigenvalue weighted by atomic mass is 10.3. The smallest absolute Gasteiger partial charge is 0.220 e. The van der Waals surface area contributed by atoms with Gasteiger partial charge in [-0.05, 0) is 25.7 Å². The van der Waals surface area contributed by atoms with Crippen LogP contribution < -0.4 is 10.6 Å². The quantitative estimate of drug-likeness (QED) is 0.718. The zero-order valence-electron chi connectivity index (χ0n) is 10.8. The standard InChI is InChI=1S/C13H20N4O/c1-2-10-8-12(16-9-15-10)14-7-3-4-13(18)17-11-5-6-11/h8-9,11H,2-7H2,1H3,(H,17,18)(H,14,15,16). The Kier molecular flexibility index (Phi) is 4.50. The van der Waals surface area contributed by atoms with Crippen LogP contribution in [0.2, 0.25) is 0 Å². The molecule has 1 aliphatic rings. The number of carbonyl (C=O) groups is 1. The van der Waals surface area contributed by atoms with Gasteiger partial charge in [-0.1, -0.05) is 6.92 Å². The topological polar surface area (TPSA) is 66.9 Å². The Morgan fingerprint density at radius 1 is 1.44 bits per heavy atom. The van der Waals surface area contributed by atoms with E-state index in [9.17, 15) is 4.79 Å². The van der Waals surface area contributed by atoms with Crippen LogP contribution in [0.15, 0.2) is 12.4 Å². The Morgan fingerprint density at radius 3 is 3.00 bits per heavy atom. The van der Waals surface area contributed by atoms with Crippen LogP contribution in [0.3, 0.4) is 0 Å². The lowest BCUT2D eigenvalue weighted by Gasteiger charge is -2.06. The van der Waals surface area contributed by atoms with E-state index in [1.54, 1.807) is 6.33 Å². The summed E-state index contributed by atoms with van der Waals surface area (Å²) in [6.45, 7) is 2.83. The number of nitrogens with zero attached hydrogens (tertiary/aromatic N) is 2. The lowest BCUT2D eigenvalue weighted by molar-refractivity contribution is -0.121. The van der Waals surface area contributed by atoms with Crippen LogP contribution in [-0.2, 0) is 11.2 Å². The Balaban J connectivity index is 1.63. The molecule has 98 valence electrons. The number of rotatable bonds is 7. The molecule has 1 heterocycles. The first-order valence-electron chi connectivity index (χ1n) is 6.62. The first-order chi connectivity index (χ1) is 8.78. The number of nitrogens with one attached hydrogen (secondary N) is 2. The van der Waals surface area contributed by atoms with Crippen molar-refractivity contribution in [2.75, 3.05) is 11.9 Å². The van der Waals surface area contributed by atoms with E-state index in [2.05, 4.69) is 27.5 Å². The van der Waals surface area contributed by atoms with Crippen LogP contribution in [0, 0.1) is 0 Å². The zero-order chi connectivity index (χ0) is 12.8. The number of anilines is 1. The molecule has 5 nitrogen and oxygen atoms in total. The highest BCUT2D eigenvalue weighted by Gasteiger charge is 2.22. The van der Waals surface area contributed by atoms with Crippen LogP contribution in [0.4, 0.5) is 5.82 Å². The molecule has 0 spiro atoms. The first kappa shape index (κ1) is 12.8. The lowest BCUT2D eigenvalue weighted by Crippen LogP contribution is -2.25. The Morgan fingerprint density at radius 2 is 2.28 bits per heavy atom. The molecule has 0 aliphatic heterocycles. The molecular weight excluding hydrogens is 228 g/mol. The number of amides is 1. The molecule has 0 aromatic carbocycles. The summed E-state index contributed by atoms with van der Waals surface area (Å²) in [7, 11) is 0. The molecule has 1 fully saturated rings. The van der Waals surface area contributed by atoms with Gasteiger partial charge in [0.15, 0.2) is 0 Å². The molecule has 0 atom stereocenters. The number of hydrogen-bond donors (Lipinski definition) is 2. The van der Waals surface area contributed by atoms with Gasteiger partial charge in [0.2, 0.25) is 5.91 Å². The van der Waals surface area contributed by atoms with Gasteiger partial charge in [0.25, 0.3) is 0 Å². The van der Waals surface area contributed by atoms with E-state index < -0.39 is 0 Å². The van der Waals surface area contributed by atoms with Crippen LogP contribution in [0.25, 0.3) is 0 Å². The van der Waals surface area contributed by atoms with Gasteiger partial charge in [0.1, 0.15) is 12.1 Å². The van der Waals surface area contributed by atoms with Crippen molar-refractivity contribution < 1.29 is 4.79 Å². The van der Waals surface area contributed by atoms with Crippen molar-refractivity contribution in [2.24, 2.45) is 0 Å². The summed E-state index contributed by atoms with van der Waals surface area (Å²) in [5.41, 5.74) is 1.03. The normalized spacial score (nSPS) is 14.3. The molecule has 18 heavy (non-hydrogen) atoms. The molecule has 1 aliphatic carbocycles. The van der Waals surface area contributed by atoms with Crippen molar-refractivity contribution in [2.45, 2.75) is 45.1 Å². The predicted octanol–water partition coefficient (Wildman–Crippen LogP) is 1.51. The molecular formula is C13H20N4O. The number of hydrogen-bond acceptors (Lipinski definition) is 4. The highest BCUT2D eigenvalue weighted by molar-refractivity contribution is 5.76. The maximum atomic E-state index is 11.4. The second-order valence-corrected chi connectivity index (χ2v) is 4.62. The second kappa shape index (κ2) is 6.33. The van der Waals surface area contributed by atoms with E-state index in [0.29, 0.717) is 12.5 Å². The minimum absolute atomic E-state index is 0.163. The molecule has 0 saturated heterocycles. The molecule has 1 amide bonds. The fraction of sp³-hybridized carbons (Fsp3) is 0.615. The van der Waals surface area contributed by atoms with Crippen molar-refractivity contribution in [3.63, 3.8) is 0 Å². The number of carbonyl (C=O) groups excluding carboxylic acids is 1. The fourth-order valence-electron chi connectivity index (χ4n) is 1.68. The second-order valence-electron chi connectivity index (χ2n) is 4.62. The third-order valence-electron chi connectivity index (χ3n) is 2.92. The van der Waals surface area contributed by atoms with Crippen LogP contribution >= 0.6 is 0 Å². The maximum Gasteiger partial charge on any atom is 0.220 e. The average molecular weight is 248 g/mol. The summed E-state index contributed by atoms with van der Waals surface area (Å²) in [5.74, 6) is 1.00. The molecule has 1 aromatic rings. The predicted molar refractivity (Wildman–Crippen MR) is 70.3 cm³/mol. The van der Waals surface area contributed by atoms with Crippen molar-refractivity contribution in [3.8, 4) is 0 Å². The van der Waals surface area contributed by atoms with Gasteiger partial charge in [0.05, 0.1) is 0 Å². The van der Waals surface area contributed by atoms with Crippen molar-refractivity contribution in [3.05, 3.63) is 18.1 Å². The first-order valence-corrected chi connectivity index (χ1v) is 6.62. The minimum Gasteiger partial charge on any atom is -0.370 e. The summed E-state index contributed by atoms with van der Waals surface area (Å²) < 4.78 is 0. The van der Waals surface area contributed by atoms with Gasteiger partial charge in [-0.25, -0.2) is 9.97 Å². The molecule has 1 saturated carbocycles. The molecule has 0 unspecified atom stereocenters. The summed E-state index contributed by atoms with van der Waals surface area (Å²) in [4.78, 5) is 19.7. The summed E-state index contributed by atoms with van der Waals surface area (Å²) >= 11 is 0. The zero-order valence-corrected chi connectivity index (χ0v) is 10.8. The van der Waals surface area contributed by atoms with E-state index in [4.69, 9.17) is 0 Å². The maximum absolute atomic E-state index is 11.4. The van der Waals surface area contributed by atoms with Crippen LogP contribution in [0.5, 0.6) is 0 Å². The van der Waals surface area contributed by atoms with E-state index in [-0.39, 0.29) is 5.91 Å². The van der Waals surface area contributed by atoms with Gasteiger partial charge >= 0.3 is 0 Å². The fourth-order valence-corrected chi connectivity index (χ4v) is 1.68. The van der Waals surface area contributed by atoms with Crippen molar-refractivity contribution >= 4 is 11.7 Å². The van der Waals surface area contributed by atoms with Gasteiger partial charge < -0.3 is 10.6 Å². The molecule has 2 N–H and O–H groups in total. The molecule has 2 rings (SSSR count). The Hall–Kier alpha value is -1.65. The van der Waals surface area contributed by atoms with Gasteiger partial charge in [-0.15, -0.1) is 0 Å². The van der Waals surface area contributed by atoms with Gasteiger partial charge in [-0.2, -0.15) is 0 Å². The SMILES string of the molecule is CCc1cc(NCCCC(=O)NC2CC2)ncn1. The molecule has 1 aromatic heterocycles. The highest BCUT2D eigenvalue weighted by atomic mass is 16.1. The Bertz CT molecular complexity index is 404. The van der Waals surface area contributed by atoms with Crippen LogP contribution in [-0.4, -0.2) is 28.5 Å². The third-order valence-corrected chi connectivity index (χ3v) is 2.92. The van der Waals surface area contributed by atoms with E-state index in [1.807, 2.05) is 6.07 Å². The van der Waals surface area contributed by atoms with E-state index in [0.717, 1.165) is 43.7 Å². The van der Waals surface area contributed by atoms with Crippen molar-refractivity contribution in [1.82, 2.24) is 15.3 Å². The van der Waals surface area contributed by atoms with E-state index in [1.165, 1.54) is 0 Å². The average Bonchev–Trinajstić information content (AvgIpc) is 3.19. The number of aryl methyl sites for hydroxylation is 1. The van der Waals surface area contributed by atoms with Crippen LogP contribution in [0.1, 0.15) is 38.3 Å². The van der Waals surface area contributed by atoms with E-state index >= 15 is 0 Å². The minimum atomic E-state index is 0.163. The van der Waals surface area contributed by atoms with Gasteiger partial charge in [-0.3, -0.25) is 4.79 Å². The monoisotopic (exact) mass is 248 g/mol. The molecule has 0 radical (unpaired) electrons. The largest absolute Gasteiger partial charge is 0.370 e. The summed E-state index contributed by atoms with van der Waals surface area (Å²) in [6, 6.07) is 2.41. The highest BCUT2D eigenvalue weighted by Crippen LogP contribution is 2.18. The summed E-state index contributed by atoms with van der Waals surface area (Å²) in [5, 5.41) is 6.19.